The van der Waals surface area contributed by atoms with E-state index in [1.165, 1.54) is 18.5 Å². The van der Waals surface area contributed by atoms with Crippen LogP contribution in [-0.2, 0) is 6.54 Å². The average molecular weight is 315 g/mol. The molecule has 1 N–H and O–H groups in total. The molecule has 0 radical (unpaired) electrons. The van der Waals surface area contributed by atoms with Gasteiger partial charge in [0.1, 0.15) is 18.0 Å². The number of nitrogens with zero attached hydrogens (tertiary/aromatic N) is 2. The van der Waals surface area contributed by atoms with Crippen LogP contribution >= 0.6 is 23.3 Å². The van der Waals surface area contributed by atoms with Gasteiger partial charge in [-0.3, -0.25) is 0 Å². The first-order valence-corrected chi connectivity index (χ1v) is 7.61. The van der Waals surface area contributed by atoms with Gasteiger partial charge in [0.15, 0.2) is 4.34 Å². The molecule has 108 valence electrons. The summed E-state index contributed by atoms with van der Waals surface area (Å²) in [6.45, 7) is 6.42. The fourth-order valence-corrected chi connectivity index (χ4v) is 2.87. The van der Waals surface area contributed by atoms with Crippen LogP contribution in [0.5, 0.6) is 0 Å². The molecule has 0 amide bonds. The van der Waals surface area contributed by atoms with Crippen LogP contribution < -0.4 is 5.32 Å². The van der Waals surface area contributed by atoms with Crippen molar-refractivity contribution in [3.05, 3.63) is 35.7 Å². The Morgan fingerprint density at radius 2 is 1.90 bits per heavy atom. The van der Waals surface area contributed by atoms with Crippen molar-refractivity contribution in [3.8, 4) is 0 Å². The highest BCUT2D eigenvalue weighted by molar-refractivity contribution is 8.01. The van der Waals surface area contributed by atoms with E-state index in [2.05, 4.69) is 14.7 Å². The molecule has 20 heavy (non-hydrogen) atoms. The Morgan fingerprint density at radius 3 is 2.40 bits per heavy atom. The summed E-state index contributed by atoms with van der Waals surface area (Å²) in [5.74, 6) is -1.15. The average Bonchev–Trinajstić information content (AvgIpc) is 2.83. The number of hydrogen-bond donors (Lipinski definition) is 1. The van der Waals surface area contributed by atoms with Gasteiger partial charge in [-0.15, -0.1) is 0 Å². The zero-order chi connectivity index (χ0) is 14.8. The SMILES string of the molecule is CC(C)(C)NCc1cc(F)c(Sc2ncns2)c(F)c1. The van der Waals surface area contributed by atoms with Gasteiger partial charge in [-0.25, -0.2) is 13.8 Å². The number of benzene rings is 1. The second kappa shape index (κ2) is 6.15. The first kappa shape index (κ1) is 15.3. The summed E-state index contributed by atoms with van der Waals surface area (Å²) in [7, 11) is 0. The minimum absolute atomic E-state index is 0.0405. The molecule has 0 atom stereocenters. The third-order valence-corrected chi connectivity index (χ3v) is 4.22. The largest absolute Gasteiger partial charge is 0.308 e. The van der Waals surface area contributed by atoms with E-state index in [0.717, 1.165) is 23.3 Å². The van der Waals surface area contributed by atoms with E-state index in [4.69, 9.17) is 0 Å². The molecule has 1 aromatic heterocycles. The molecule has 7 heteroatoms. The Kier molecular flexibility index (Phi) is 4.72. The van der Waals surface area contributed by atoms with Gasteiger partial charge < -0.3 is 5.32 Å². The molecule has 0 spiro atoms. The molecule has 0 saturated heterocycles. The summed E-state index contributed by atoms with van der Waals surface area (Å²) in [6, 6.07) is 2.70. The Bertz CT molecular complexity index is 557. The van der Waals surface area contributed by atoms with Crippen LogP contribution in [0.15, 0.2) is 27.7 Å². The highest BCUT2D eigenvalue weighted by atomic mass is 32.2. The number of halogens is 2. The first-order valence-electron chi connectivity index (χ1n) is 6.02. The maximum absolute atomic E-state index is 14.0. The van der Waals surface area contributed by atoms with Gasteiger partial charge in [0.2, 0.25) is 0 Å². The van der Waals surface area contributed by atoms with Crippen LogP contribution in [0.1, 0.15) is 26.3 Å². The molecular weight excluding hydrogens is 300 g/mol. The summed E-state index contributed by atoms with van der Waals surface area (Å²) in [5, 5.41) is 3.20. The predicted octanol–water partition coefficient (Wildman–Crippen LogP) is 3.86. The van der Waals surface area contributed by atoms with E-state index in [0.29, 0.717) is 16.4 Å². The second-order valence-corrected chi connectivity index (χ2v) is 7.34. The van der Waals surface area contributed by atoms with Crippen LogP contribution in [0, 0.1) is 11.6 Å². The maximum Gasteiger partial charge on any atom is 0.174 e. The lowest BCUT2D eigenvalue weighted by Crippen LogP contribution is -2.35. The Balaban J connectivity index is 2.16. The van der Waals surface area contributed by atoms with Crippen LogP contribution in [0.4, 0.5) is 8.78 Å². The number of rotatable bonds is 4. The van der Waals surface area contributed by atoms with Crippen molar-refractivity contribution in [2.75, 3.05) is 0 Å². The number of nitrogens with one attached hydrogen (secondary N) is 1. The van der Waals surface area contributed by atoms with E-state index >= 15 is 0 Å². The molecule has 0 unspecified atom stereocenters. The van der Waals surface area contributed by atoms with Gasteiger partial charge in [-0.2, -0.15) is 4.37 Å². The van der Waals surface area contributed by atoms with Crippen LogP contribution in [0.25, 0.3) is 0 Å². The standard InChI is InChI=1S/C13H15F2N3S2/c1-13(2,3)17-6-8-4-9(14)11(10(15)5-8)19-12-16-7-18-20-12/h4-5,7,17H,6H2,1-3H3. The van der Waals surface area contributed by atoms with Crippen LogP contribution in [-0.4, -0.2) is 14.9 Å². The van der Waals surface area contributed by atoms with Crippen molar-refractivity contribution in [1.82, 2.24) is 14.7 Å². The zero-order valence-corrected chi connectivity index (χ0v) is 13.0. The monoisotopic (exact) mass is 315 g/mol. The molecule has 3 nitrogen and oxygen atoms in total. The lowest BCUT2D eigenvalue weighted by atomic mass is 10.1. The third-order valence-electron chi connectivity index (χ3n) is 2.41. The normalized spacial score (nSPS) is 11.8. The number of hydrogen-bond acceptors (Lipinski definition) is 5. The fraction of sp³-hybridized carbons (Fsp3) is 0.385. The second-order valence-electron chi connectivity index (χ2n) is 5.30. The van der Waals surface area contributed by atoms with Crippen molar-refractivity contribution in [3.63, 3.8) is 0 Å². The van der Waals surface area contributed by atoms with Crippen LogP contribution in [0.2, 0.25) is 0 Å². The van der Waals surface area contributed by atoms with Gasteiger partial charge in [0.25, 0.3) is 0 Å². The van der Waals surface area contributed by atoms with E-state index in [1.807, 2.05) is 20.8 Å². The lowest BCUT2D eigenvalue weighted by Gasteiger charge is -2.20. The third kappa shape index (κ3) is 4.22. The molecular formula is C13H15F2N3S2. The molecule has 2 rings (SSSR count). The molecule has 0 aliphatic carbocycles. The molecule has 0 fully saturated rings. The summed E-state index contributed by atoms with van der Waals surface area (Å²) >= 11 is 2.06. The van der Waals surface area contributed by atoms with E-state index in [1.54, 1.807) is 0 Å². The minimum atomic E-state index is -0.573. The summed E-state index contributed by atoms with van der Waals surface area (Å²) < 4.78 is 32.3. The summed E-state index contributed by atoms with van der Waals surface area (Å²) in [6.07, 6.45) is 1.37. The van der Waals surface area contributed by atoms with Crippen LogP contribution in [0.3, 0.4) is 0 Å². The lowest BCUT2D eigenvalue weighted by molar-refractivity contribution is 0.422. The Hall–Kier alpha value is -1.05. The molecule has 1 aromatic carbocycles. The van der Waals surface area contributed by atoms with Gasteiger partial charge in [0.05, 0.1) is 4.90 Å². The van der Waals surface area contributed by atoms with E-state index < -0.39 is 11.6 Å². The van der Waals surface area contributed by atoms with E-state index in [9.17, 15) is 8.78 Å². The highest BCUT2D eigenvalue weighted by Crippen LogP contribution is 2.33. The Morgan fingerprint density at radius 1 is 1.25 bits per heavy atom. The van der Waals surface area contributed by atoms with E-state index in [-0.39, 0.29) is 10.4 Å². The summed E-state index contributed by atoms with van der Waals surface area (Å²) in [4.78, 5) is 3.87. The molecule has 0 saturated carbocycles. The molecule has 0 aliphatic rings. The maximum atomic E-state index is 14.0. The summed E-state index contributed by atoms with van der Waals surface area (Å²) in [5.41, 5.74) is 0.476. The Labute approximate surface area is 125 Å². The quantitative estimate of drug-likeness (QED) is 0.930. The van der Waals surface area contributed by atoms with Gasteiger partial charge in [-0.05, 0) is 50.0 Å². The number of aromatic nitrogens is 2. The molecule has 1 heterocycles. The minimum Gasteiger partial charge on any atom is -0.308 e. The zero-order valence-electron chi connectivity index (χ0n) is 11.4. The topological polar surface area (TPSA) is 37.8 Å². The van der Waals surface area contributed by atoms with Crippen molar-refractivity contribution < 1.29 is 8.78 Å². The van der Waals surface area contributed by atoms with Crippen molar-refractivity contribution in [2.45, 2.75) is 42.1 Å². The first-order chi connectivity index (χ1) is 9.35. The van der Waals surface area contributed by atoms with Crippen molar-refractivity contribution >= 4 is 23.3 Å². The van der Waals surface area contributed by atoms with Gasteiger partial charge >= 0.3 is 0 Å². The van der Waals surface area contributed by atoms with Gasteiger partial charge in [-0.1, -0.05) is 11.8 Å². The van der Waals surface area contributed by atoms with Crippen molar-refractivity contribution in [1.29, 1.82) is 0 Å². The predicted molar refractivity (Wildman–Crippen MR) is 77.0 cm³/mol. The van der Waals surface area contributed by atoms with Crippen molar-refractivity contribution in [2.24, 2.45) is 0 Å². The molecule has 0 bridgehead atoms. The molecule has 2 aromatic rings. The smallest absolute Gasteiger partial charge is 0.174 e. The fourth-order valence-electron chi connectivity index (χ4n) is 1.47. The van der Waals surface area contributed by atoms with Gasteiger partial charge in [0, 0.05) is 12.1 Å². The molecule has 0 aliphatic heterocycles. The highest BCUT2D eigenvalue weighted by Gasteiger charge is 2.15.